The predicted octanol–water partition coefficient (Wildman–Crippen LogP) is 5.15. The summed E-state index contributed by atoms with van der Waals surface area (Å²) >= 11 is 5.78. The van der Waals surface area contributed by atoms with Crippen LogP contribution in [0.1, 0.15) is 24.5 Å². The van der Waals surface area contributed by atoms with Gasteiger partial charge in [0.15, 0.2) is 0 Å². The van der Waals surface area contributed by atoms with Crippen molar-refractivity contribution in [3.63, 3.8) is 0 Å². The van der Waals surface area contributed by atoms with Gasteiger partial charge in [-0.15, -0.1) is 0 Å². The Kier molecular flexibility index (Phi) is 10.2. The normalized spacial score (nSPS) is 12.4. The van der Waals surface area contributed by atoms with Crippen molar-refractivity contribution in [2.24, 2.45) is 0 Å². The van der Waals surface area contributed by atoms with E-state index in [1.807, 2.05) is 30.3 Å². The van der Waals surface area contributed by atoms with E-state index in [0.29, 0.717) is 16.8 Å². The highest BCUT2D eigenvalue weighted by atomic mass is 35.5. The Bertz CT molecular complexity index is 1420. The molecule has 0 fully saturated rings. The summed E-state index contributed by atoms with van der Waals surface area (Å²) in [5, 5.41) is 1.90. The van der Waals surface area contributed by atoms with Crippen molar-refractivity contribution in [2.45, 2.75) is 36.9 Å². The van der Waals surface area contributed by atoms with Gasteiger partial charge in [-0.1, -0.05) is 67.1 Å². The fourth-order valence-corrected chi connectivity index (χ4v) is 5.85. The second-order valence-corrected chi connectivity index (χ2v) is 11.1. The van der Waals surface area contributed by atoms with Crippen molar-refractivity contribution in [3.8, 4) is 0 Å². The Morgan fingerprint density at radius 3 is 2.12 bits per heavy atom. The molecule has 0 spiro atoms. The van der Waals surface area contributed by atoms with Crippen molar-refractivity contribution in [1.82, 2.24) is 10.2 Å². The molecule has 0 heterocycles. The molecule has 3 rings (SSSR count). The predicted molar refractivity (Wildman–Crippen MR) is 147 cm³/mol. The second kappa shape index (κ2) is 13.2. The van der Waals surface area contributed by atoms with E-state index in [9.17, 15) is 31.2 Å². The third-order valence-electron chi connectivity index (χ3n) is 6.27. The van der Waals surface area contributed by atoms with Crippen molar-refractivity contribution in [1.29, 1.82) is 0 Å². The summed E-state index contributed by atoms with van der Waals surface area (Å²) in [4.78, 5) is 27.5. The van der Waals surface area contributed by atoms with Gasteiger partial charge in [-0.2, -0.15) is 13.2 Å². The van der Waals surface area contributed by atoms with Crippen LogP contribution in [0.25, 0.3) is 0 Å². The molecule has 1 atom stereocenters. The van der Waals surface area contributed by atoms with Crippen LogP contribution in [0.4, 0.5) is 18.9 Å². The minimum atomic E-state index is -4.87. The number of hydrogen-bond acceptors (Lipinski definition) is 4. The molecule has 1 unspecified atom stereocenters. The molecule has 3 aromatic carbocycles. The molecule has 0 radical (unpaired) electrons. The summed E-state index contributed by atoms with van der Waals surface area (Å²) in [5.74, 6) is -1.21. The fourth-order valence-electron chi connectivity index (χ4n) is 4.20. The molecule has 12 heteroatoms. The average molecular weight is 596 g/mol. The maximum absolute atomic E-state index is 13.8. The Labute approximate surface area is 236 Å². The lowest BCUT2D eigenvalue weighted by molar-refractivity contribution is -0.139. The third kappa shape index (κ3) is 7.33. The van der Waals surface area contributed by atoms with Gasteiger partial charge in [-0.25, -0.2) is 8.42 Å². The number of hydrogen-bond donors (Lipinski definition) is 1. The maximum Gasteiger partial charge on any atom is 0.417 e. The molecule has 0 saturated heterocycles. The molecule has 0 bridgehead atoms. The Hall–Kier alpha value is -3.57. The molecular formula is C28H29ClF3N3O4S. The molecule has 0 aliphatic carbocycles. The summed E-state index contributed by atoms with van der Waals surface area (Å²) in [7, 11) is -3.09. The van der Waals surface area contributed by atoms with Crippen molar-refractivity contribution >= 4 is 39.1 Å². The van der Waals surface area contributed by atoms with Crippen LogP contribution in [0.3, 0.4) is 0 Å². The third-order valence-corrected chi connectivity index (χ3v) is 8.39. The van der Waals surface area contributed by atoms with Crippen LogP contribution in [0.2, 0.25) is 5.02 Å². The number of nitrogens with zero attached hydrogens (tertiary/aromatic N) is 2. The van der Waals surface area contributed by atoms with E-state index in [-0.39, 0.29) is 17.9 Å². The van der Waals surface area contributed by atoms with E-state index in [0.717, 1.165) is 17.7 Å². The molecule has 0 aliphatic rings. The lowest BCUT2D eigenvalue weighted by atomic mass is 10.1. The minimum Gasteiger partial charge on any atom is -0.357 e. The Balaban J connectivity index is 2.08. The van der Waals surface area contributed by atoms with Gasteiger partial charge in [0.05, 0.1) is 21.2 Å². The molecular weight excluding hydrogens is 567 g/mol. The van der Waals surface area contributed by atoms with E-state index in [4.69, 9.17) is 11.6 Å². The topological polar surface area (TPSA) is 86.8 Å². The van der Waals surface area contributed by atoms with Crippen LogP contribution < -0.4 is 9.62 Å². The number of carbonyl (C=O) groups is 2. The van der Waals surface area contributed by atoms with Gasteiger partial charge in [0.2, 0.25) is 11.8 Å². The number of sulfonamides is 1. The van der Waals surface area contributed by atoms with E-state index in [1.54, 1.807) is 13.0 Å². The van der Waals surface area contributed by atoms with Crippen LogP contribution in [0.15, 0.2) is 83.8 Å². The van der Waals surface area contributed by atoms with Crippen LogP contribution in [-0.4, -0.2) is 51.3 Å². The summed E-state index contributed by atoms with van der Waals surface area (Å²) in [6.07, 6.45) is -4.27. The highest BCUT2D eigenvalue weighted by Gasteiger charge is 2.37. The first-order valence-corrected chi connectivity index (χ1v) is 14.2. The first-order valence-electron chi connectivity index (χ1n) is 12.4. The summed E-state index contributed by atoms with van der Waals surface area (Å²) < 4.78 is 69.0. The van der Waals surface area contributed by atoms with E-state index < -0.39 is 56.9 Å². The maximum atomic E-state index is 13.8. The van der Waals surface area contributed by atoms with Gasteiger partial charge < -0.3 is 10.2 Å². The number of halogens is 4. The highest BCUT2D eigenvalue weighted by molar-refractivity contribution is 7.92. The van der Waals surface area contributed by atoms with Crippen LogP contribution in [0.5, 0.6) is 0 Å². The van der Waals surface area contributed by atoms with Crippen LogP contribution >= 0.6 is 11.6 Å². The quantitative estimate of drug-likeness (QED) is 0.332. The van der Waals surface area contributed by atoms with E-state index in [1.165, 1.54) is 36.2 Å². The number of benzene rings is 3. The fraction of sp³-hybridized carbons (Fsp3) is 0.286. The molecule has 0 aliphatic heterocycles. The van der Waals surface area contributed by atoms with Gasteiger partial charge in [0, 0.05) is 13.6 Å². The largest absolute Gasteiger partial charge is 0.417 e. The molecule has 7 nitrogen and oxygen atoms in total. The molecule has 2 amide bonds. The van der Waals surface area contributed by atoms with Gasteiger partial charge in [-0.05, 0) is 48.7 Å². The van der Waals surface area contributed by atoms with Gasteiger partial charge in [0.25, 0.3) is 10.0 Å². The first kappa shape index (κ1) is 31.0. The lowest BCUT2D eigenvalue weighted by Gasteiger charge is -2.33. The Morgan fingerprint density at radius 2 is 1.57 bits per heavy atom. The van der Waals surface area contributed by atoms with Crippen molar-refractivity contribution < 1.29 is 31.2 Å². The molecule has 0 saturated carbocycles. The van der Waals surface area contributed by atoms with E-state index >= 15 is 0 Å². The number of rotatable bonds is 11. The molecule has 0 aromatic heterocycles. The standard InChI is InChI=1S/C28H29ClF3N3O4S/c1-3-25(27(37)33-2)34(17-16-20-10-6-4-7-11-20)26(36)19-35(40(38,39)22-12-8-5-9-13-22)21-14-15-24(29)23(18-21)28(30,31)32/h4-15,18,25H,3,16-17,19H2,1-2H3,(H,33,37). The Morgan fingerprint density at radius 1 is 0.975 bits per heavy atom. The molecule has 40 heavy (non-hydrogen) atoms. The first-order chi connectivity index (χ1) is 18.9. The highest BCUT2D eigenvalue weighted by Crippen LogP contribution is 2.38. The number of alkyl halides is 3. The number of amides is 2. The number of likely N-dealkylation sites (N-methyl/N-ethyl adjacent to an activating group) is 1. The monoisotopic (exact) mass is 595 g/mol. The van der Waals surface area contributed by atoms with Gasteiger partial charge in [-0.3, -0.25) is 13.9 Å². The summed E-state index contributed by atoms with van der Waals surface area (Å²) in [6, 6.07) is 17.9. The van der Waals surface area contributed by atoms with Gasteiger partial charge in [0.1, 0.15) is 12.6 Å². The zero-order valence-electron chi connectivity index (χ0n) is 21.9. The summed E-state index contributed by atoms with van der Waals surface area (Å²) in [5.41, 5.74) is -0.761. The molecule has 214 valence electrons. The van der Waals surface area contributed by atoms with Gasteiger partial charge >= 0.3 is 6.18 Å². The van der Waals surface area contributed by atoms with E-state index in [2.05, 4.69) is 5.32 Å². The number of anilines is 1. The minimum absolute atomic E-state index is 0.0718. The smallest absolute Gasteiger partial charge is 0.357 e. The lowest BCUT2D eigenvalue weighted by Crippen LogP contribution is -2.52. The van der Waals surface area contributed by atoms with Crippen molar-refractivity contribution in [2.75, 3.05) is 24.4 Å². The summed E-state index contributed by atoms with van der Waals surface area (Å²) in [6.45, 7) is 0.927. The zero-order chi connectivity index (χ0) is 29.5. The van der Waals surface area contributed by atoms with Crippen LogP contribution in [-0.2, 0) is 32.2 Å². The average Bonchev–Trinajstić information content (AvgIpc) is 2.94. The number of carbonyl (C=O) groups excluding carboxylic acids is 2. The number of nitrogens with one attached hydrogen (secondary N) is 1. The van der Waals surface area contributed by atoms with Crippen LogP contribution in [0, 0.1) is 0 Å². The zero-order valence-corrected chi connectivity index (χ0v) is 23.4. The SMILES string of the molecule is CCC(C(=O)NC)N(CCc1ccccc1)C(=O)CN(c1ccc(Cl)c(C(F)(F)F)c1)S(=O)(=O)c1ccccc1. The van der Waals surface area contributed by atoms with Crippen molar-refractivity contribution in [3.05, 3.63) is 95.0 Å². The molecule has 1 N–H and O–H groups in total. The molecule has 3 aromatic rings. The second-order valence-electron chi connectivity index (χ2n) is 8.85.